The molecule has 0 bridgehead atoms. The van der Waals surface area contributed by atoms with Gasteiger partial charge in [-0.3, -0.25) is 30.3 Å². The number of carbonyl (C=O) groups is 3. The minimum absolute atomic E-state index is 0.0340. The lowest BCUT2D eigenvalue weighted by atomic mass is 10.2. The van der Waals surface area contributed by atoms with Gasteiger partial charge in [-0.15, -0.1) is 0 Å². The van der Waals surface area contributed by atoms with E-state index in [2.05, 4.69) is 27.9 Å². The lowest BCUT2D eigenvalue weighted by Gasteiger charge is -2.24. The van der Waals surface area contributed by atoms with E-state index < -0.39 is 30.3 Å². The Balaban J connectivity index is 1.54. The number of anilines is 2. The molecule has 2 aliphatic heterocycles. The van der Waals surface area contributed by atoms with Crippen molar-refractivity contribution in [1.29, 1.82) is 0 Å². The average molecular weight is 542 g/mol. The molecule has 13 nitrogen and oxygen atoms in total. The molecular formula is C22H30F3N9O4. The maximum Gasteiger partial charge on any atom is 0.414 e. The molecule has 2 fully saturated rings. The molecule has 0 aliphatic carbocycles. The average Bonchev–Trinajstić information content (AvgIpc) is 3.09. The Labute approximate surface area is 216 Å². The van der Waals surface area contributed by atoms with Gasteiger partial charge in [-0.2, -0.15) is 8.78 Å². The number of hydrazine groups is 2. The summed E-state index contributed by atoms with van der Waals surface area (Å²) in [6.45, 7) is 4.85. The molecule has 3 amide bonds. The first-order valence-corrected chi connectivity index (χ1v) is 11.7. The molecule has 6 N–H and O–H groups in total. The van der Waals surface area contributed by atoms with E-state index in [1.165, 1.54) is 23.3 Å². The predicted octanol–water partition coefficient (Wildman–Crippen LogP) is -0.720. The largest absolute Gasteiger partial charge is 0.442 e. The molecule has 0 spiro atoms. The number of nitrogens with one attached hydrogen (secondary N) is 4. The van der Waals surface area contributed by atoms with E-state index in [9.17, 15) is 23.2 Å². The smallest absolute Gasteiger partial charge is 0.414 e. The molecule has 0 unspecified atom stereocenters. The van der Waals surface area contributed by atoms with E-state index in [4.69, 9.17) is 10.6 Å². The maximum atomic E-state index is 15.1. The molecule has 38 heavy (non-hydrogen) atoms. The van der Waals surface area contributed by atoms with Crippen LogP contribution in [0.1, 0.15) is 0 Å². The maximum absolute atomic E-state index is 15.1. The number of alkyl halides is 2. The van der Waals surface area contributed by atoms with Gasteiger partial charge in [-0.25, -0.2) is 14.6 Å². The molecule has 0 aromatic heterocycles. The highest BCUT2D eigenvalue weighted by atomic mass is 19.3. The van der Waals surface area contributed by atoms with Crippen LogP contribution in [0.4, 0.5) is 29.3 Å². The van der Waals surface area contributed by atoms with Gasteiger partial charge in [0.2, 0.25) is 0 Å². The first kappa shape index (κ1) is 28.7. The zero-order valence-corrected chi connectivity index (χ0v) is 20.5. The standard InChI is InChI=1S/C22H30F3N9O4/c1-27-14(10-30-26)9-28-12-19(35)34-7-6-32(5-4-31-34)18-3-2-15(8-17(18)23)33-13-16(38-22(33)37)11-29-21(36)20(24)25/h2-3,8,10,16,20,28,30-31H,1,4-7,9,11-13,26H2,(H,29,36)/b14-10-/t16-/m0/s1. The van der Waals surface area contributed by atoms with Crippen molar-refractivity contribution >= 4 is 36.0 Å². The molecule has 0 saturated carbocycles. The number of nitrogens with two attached hydrogens (primary N) is 1. The van der Waals surface area contributed by atoms with Crippen LogP contribution in [-0.2, 0) is 14.3 Å². The number of carbonyl (C=O) groups excluding carboxylic acids is 3. The van der Waals surface area contributed by atoms with Gasteiger partial charge in [-0.1, -0.05) is 0 Å². The van der Waals surface area contributed by atoms with Crippen LogP contribution in [0.2, 0.25) is 0 Å². The number of benzene rings is 1. The van der Waals surface area contributed by atoms with E-state index in [1.54, 1.807) is 11.0 Å². The Bertz CT molecular complexity index is 1060. The van der Waals surface area contributed by atoms with Gasteiger partial charge in [0.1, 0.15) is 11.9 Å². The molecule has 16 heteroatoms. The number of hydrogen-bond donors (Lipinski definition) is 5. The van der Waals surface area contributed by atoms with E-state index in [1.807, 2.05) is 5.32 Å². The quantitative estimate of drug-likeness (QED) is 0.139. The van der Waals surface area contributed by atoms with Gasteiger partial charge in [0.05, 0.1) is 43.3 Å². The summed E-state index contributed by atoms with van der Waals surface area (Å²) in [5, 5.41) is 6.40. The summed E-state index contributed by atoms with van der Waals surface area (Å²) < 4.78 is 44.8. The third-order valence-electron chi connectivity index (χ3n) is 5.77. The zero-order valence-electron chi connectivity index (χ0n) is 20.5. The molecule has 3 rings (SSSR count). The van der Waals surface area contributed by atoms with Crippen LogP contribution >= 0.6 is 0 Å². The summed E-state index contributed by atoms with van der Waals surface area (Å²) in [7, 11) is 0. The van der Waals surface area contributed by atoms with Crippen LogP contribution in [-0.4, -0.2) is 94.5 Å². The van der Waals surface area contributed by atoms with Crippen molar-refractivity contribution in [3.05, 3.63) is 35.9 Å². The van der Waals surface area contributed by atoms with Gasteiger partial charge in [0.15, 0.2) is 0 Å². The second-order valence-corrected chi connectivity index (χ2v) is 8.30. The van der Waals surface area contributed by atoms with Crippen molar-refractivity contribution < 1.29 is 32.3 Å². The molecule has 2 saturated heterocycles. The first-order valence-electron chi connectivity index (χ1n) is 11.7. The minimum atomic E-state index is -3.18. The highest BCUT2D eigenvalue weighted by molar-refractivity contribution is 5.90. The lowest BCUT2D eigenvalue weighted by molar-refractivity contribution is -0.133. The Morgan fingerprint density at radius 2 is 2.08 bits per heavy atom. The number of ether oxygens (including phenoxy) is 1. The van der Waals surface area contributed by atoms with Crippen molar-refractivity contribution in [1.82, 2.24) is 26.5 Å². The van der Waals surface area contributed by atoms with Crippen molar-refractivity contribution in [2.24, 2.45) is 10.8 Å². The molecular weight excluding hydrogens is 511 g/mol. The molecule has 2 aliphatic rings. The van der Waals surface area contributed by atoms with Crippen LogP contribution in [0.25, 0.3) is 0 Å². The topological polar surface area (TPSA) is 157 Å². The van der Waals surface area contributed by atoms with Crippen LogP contribution < -0.4 is 37.1 Å². The van der Waals surface area contributed by atoms with Crippen LogP contribution in [0.3, 0.4) is 0 Å². The molecule has 0 radical (unpaired) electrons. The highest BCUT2D eigenvalue weighted by Gasteiger charge is 2.33. The molecule has 1 aromatic rings. The SMILES string of the molecule is C=N/C(=C\NN)CNCC(=O)N1CCN(c2ccc(N3C[C@H](CNC(=O)C(F)F)OC3=O)cc2F)CCN1. The first-order chi connectivity index (χ1) is 18.2. The number of cyclic esters (lactones) is 1. The lowest BCUT2D eigenvalue weighted by Crippen LogP contribution is -2.47. The summed E-state index contributed by atoms with van der Waals surface area (Å²) in [5.41, 5.74) is 6.42. The van der Waals surface area contributed by atoms with Crippen molar-refractivity contribution in [3.8, 4) is 0 Å². The summed E-state index contributed by atoms with van der Waals surface area (Å²) in [4.78, 5) is 42.5. The molecule has 1 aromatic carbocycles. The summed E-state index contributed by atoms with van der Waals surface area (Å²) in [6, 6.07) is 4.24. The fourth-order valence-corrected chi connectivity index (χ4v) is 3.88. The minimum Gasteiger partial charge on any atom is -0.442 e. The van der Waals surface area contributed by atoms with Crippen molar-refractivity contribution in [3.63, 3.8) is 0 Å². The third kappa shape index (κ3) is 7.56. The van der Waals surface area contributed by atoms with Crippen molar-refractivity contribution in [2.45, 2.75) is 12.5 Å². The van der Waals surface area contributed by atoms with E-state index >= 15 is 4.39 Å². The number of rotatable bonds is 11. The Kier molecular flexibility index (Phi) is 10.3. The van der Waals surface area contributed by atoms with Gasteiger partial charge in [-0.05, 0) is 24.9 Å². The fraction of sp³-hybridized carbons (Fsp3) is 0.455. The van der Waals surface area contributed by atoms with E-state index in [0.717, 1.165) is 4.90 Å². The molecule has 208 valence electrons. The van der Waals surface area contributed by atoms with Gasteiger partial charge < -0.3 is 25.7 Å². The van der Waals surface area contributed by atoms with Gasteiger partial charge in [0.25, 0.3) is 11.8 Å². The monoisotopic (exact) mass is 541 g/mol. The van der Waals surface area contributed by atoms with Crippen LogP contribution in [0.5, 0.6) is 0 Å². The van der Waals surface area contributed by atoms with Gasteiger partial charge in [0, 0.05) is 32.4 Å². The number of aliphatic imine (C=N–C) groups is 1. The Hall–Kier alpha value is -3.89. The summed E-state index contributed by atoms with van der Waals surface area (Å²) >= 11 is 0. The third-order valence-corrected chi connectivity index (χ3v) is 5.77. The molecule has 1 atom stereocenters. The summed E-state index contributed by atoms with van der Waals surface area (Å²) in [6.07, 6.45) is -3.35. The number of nitrogens with zero attached hydrogens (tertiary/aromatic N) is 4. The Morgan fingerprint density at radius 3 is 2.76 bits per heavy atom. The second-order valence-electron chi connectivity index (χ2n) is 8.30. The van der Waals surface area contributed by atoms with Gasteiger partial charge >= 0.3 is 12.5 Å². The summed E-state index contributed by atoms with van der Waals surface area (Å²) in [5.74, 6) is 2.95. The zero-order chi connectivity index (χ0) is 27.7. The number of halogens is 3. The second kappa shape index (κ2) is 13.6. The van der Waals surface area contributed by atoms with Crippen LogP contribution in [0.15, 0.2) is 35.1 Å². The van der Waals surface area contributed by atoms with Crippen LogP contribution in [0, 0.1) is 5.82 Å². The normalized spacial score (nSPS) is 18.3. The highest BCUT2D eigenvalue weighted by Crippen LogP contribution is 2.28. The van der Waals surface area contributed by atoms with E-state index in [-0.39, 0.29) is 43.5 Å². The predicted molar refractivity (Wildman–Crippen MR) is 133 cm³/mol. The molecule has 2 heterocycles. The number of hydrogen-bond acceptors (Lipinski definition) is 10. The van der Waals surface area contributed by atoms with E-state index in [0.29, 0.717) is 31.9 Å². The van der Waals surface area contributed by atoms with Crippen molar-refractivity contribution in [2.75, 3.05) is 62.2 Å². The Morgan fingerprint density at radius 1 is 1.29 bits per heavy atom. The number of amides is 3. The fourth-order valence-electron chi connectivity index (χ4n) is 3.88.